The summed E-state index contributed by atoms with van der Waals surface area (Å²) in [5.41, 5.74) is 5.42. The molecule has 2 heterocycles. The number of hydrogen-bond donors (Lipinski definition) is 2. The van der Waals surface area contributed by atoms with Crippen molar-refractivity contribution >= 4 is 11.8 Å². The summed E-state index contributed by atoms with van der Waals surface area (Å²) in [5, 5.41) is 3.13. The van der Waals surface area contributed by atoms with Crippen LogP contribution in [0.15, 0.2) is 0 Å². The zero-order chi connectivity index (χ0) is 17.2. The summed E-state index contributed by atoms with van der Waals surface area (Å²) in [6.07, 6.45) is 5.15. The van der Waals surface area contributed by atoms with Gasteiger partial charge in [-0.2, -0.15) is 0 Å². The zero-order valence-electron chi connectivity index (χ0n) is 14.5. The lowest BCUT2D eigenvalue weighted by molar-refractivity contribution is -0.180. The molecular weight excluding hydrogens is 310 g/mol. The van der Waals surface area contributed by atoms with Crippen LogP contribution in [0, 0.1) is 5.92 Å². The number of carbonyl (C=O) groups is 2. The van der Waals surface area contributed by atoms with Crippen LogP contribution in [-0.4, -0.2) is 60.9 Å². The van der Waals surface area contributed by atoms with Gasteiger partial charge < -0.3 is 20.5 Å². The number of rotatable bonds is 4. The van der Waals surface area contributed by atoms with E-state index in [0.717, 1.165) is 38.5 Å². The maximum atomic E-state index is 12.4. The average molecular weight is 339 g/mol. The van der Waals surface area contributed by atoms with Crippen molar-refractivity contribution in [1.82, 2.24) is 10.2 Å². The molecular formula is C17H29N3O4. The Balaban J connectivity index is 1.44. The Hall–Kier alpha value is -1.18. The number of nitrogens with two attached hydrogens (primary N) is 1. The van der Waals surface area contributed by atoms with E-state index >= 15 is 0 Å². The number of nitrogens with one attached hydrogen (secondary N) is 1. The summed E-state index contributed by atoms with van der Waals surface area (Å²) in [7, 11) is 0. The minimum Gasteiger partial charge on any atom is -0.369 e. The molecule has 0 aromatic carbocycles. The lowest BCUT2D eigenvalue weighted by Gasteiger charge is -2.38. The summed E-state index contributed by atoms with van der Waals surface area (Å²) in [4.78, 5) is 25.9. The maximum absolute atomic E-state index is 12.4. The molecule has 2 atom stereocenters. The van der Waals surface area contributed by atoms with Gasteiger partial charge in [0, 0.05) is 31.5 Å². The van der Waals surface area contributed by atoms with Crippen LogP contribution < -0.4 is 11.1 Å². The van der Waals surface area contributed by atoms with Crippen molar-refractivity contribution in [3.8, 4) is 0 Å². The van der Waals surface area contributed by atoms with Crippen LogP contribution in [-0.2, 0) is 19.1 Å². The van der Waals surface area contributed by atoms with Crippen LogP contribution in [0.2, 0.25) is 0 Å². The van der Waals surface area contributed by atoms with E-state index in [2.05, 4.69) is 17.1 Å². The van der Waals surface area contributed by atoms with Crippen LogP contribution in [0.1, 0.15) is 45.4 Å². The van der Waals surface area contributed by atoms with Crippen molar-refractivity contribution in [3.63, 3.8) is 0 Å². The smallest absolute Gasteiger partial charge is 0.234 e. The van der Waals surface area contributed by atoms with E-state index < -0.39 is 5.79 Å². The van der Waals surface area contributed by atoms with Crippen LogP contribution >= 0.6 is 0 Å². The Kier molecular flexibility index (Phi) is 5.42. The van der Waals surface area contributed by atoms with E-state index in [-0.39, 0.29) is 23.8 Å². The first-order valence-corrected chi connectivity index (χ1v) is 9.08. The van der Waals surface area contributed by atoms with Gasteiger partial charge >= 0.3 is 0 Å². The average Bonchev–Trinajstić information content (AvgIpc) is 3.00. The monoisotopic (exact) mass is 339 g/mol. The highest BCUT2D eigenvalue weighted by Gasteiger charge is 2.40. The number of ether oxygens (including phenoxy) is 2. The maximum Gasteiger partial charge on any atom is 0.234 e. The van der Waals surface area contributed by atoms with Gasteiger partial charge in [0.1, 0.15) is 0 Å². The van der Waals surface area contributed by atoms with Crippen molar-refractivity contribution in [2.24, 2.45) is 11.7 Å². The fraction of sp³-hybridized carbons (Fsp3) is 0.882. The molecule has 7 heteroatoms. The predicted octanol–water partition coefficient (Wildman–Crippen LogP) is 0.374. The first-order valence-electron chi connectivity index (χ1n) is 9.08. The van der Waals surface area contributed by atoms with E-state index in [9.17, 15) is 9.59 Å². The molecule has 0 radical (unpaired) electrons. The van der Waals surface area contributed by atoms with Gasteiger partial charge in [0.15, 0.2) is 5.79 Å². The first-order chi connectivity index (χ1) is 11.5. The SMILES string of the molecule is C[C@H]1CC[C@@H](C(N)=O)CN1CC(=O)NC1CCC2(CC1)OCCO2. The highest BCUT2D eigenvalue weighted by atomic mass is 16.7. The number of piperidine rings is 1. The molecule has 1 aliphatic carbocycles. The fourth-order valence-corrected chi connectivity index (χ4v) is 4.08. The van der Waals surface area contributed by atoms with E-state index in [4.69, 9.17) is 15.2 Å². The minimum absolute atomic E-state index is 0.0289. The fourth-order valence-electron chi connectivity index (χ4n) is 4.08. The molecule has 3 aliphatic rings. The number of carbonyl (C=O) groups excluding carboxylic acids is 2. The number of nitrogens with zero attached hydrogens (tertiary/aromatic N) is 1. The highest BCUT2D eigenvalue weighted by Crippen LogP contribution is 2.35. The zero-order valence-corrected chi connectivity index (χ0v) is 14.5. The van der Waals surface area contributed by atoms with Gasteiger partial charge in [-0.15, -0.1) is 0 Å². The van der Waals surface area contributed by atoms with Crippen molar-refractivity contribution in [1.29, 1.82) is 0 Å². The second-order valence-corrected chi connectivity index (χ2v) is 7.40. The van der Waals surface area contributed by atoms with Gasteiger partial charge in [0.2, 0.25) is 11.8 Å². The van der Waals surface area contributed by atoms with E-state index in [1.165, 1.54) is 0 Å². The number of hydrogen-bond acceptors (Lipinski definition) is 5. The number of likely N-dealkylation sites (tertiary alicyclic amines) is 1. The summed E-state index contributed by atoms with van der Waals surface area (Å²) < 4.78 is 11.4. The summed E-state index contributed by atoms with van der Waals surface area (Å²) in [5.74, 6) is -0.764. The molecule has 2 amide bonds. The first kappa shape index (κ1) is 17.6. The van der Waals surface area contributed by atoms with Gasteiger partial charge in [-0.05, 0) is 32.6 Å². The Morgan fingerprint density at radius 2 is 1.83 bits per heavy atom. The number of amides is 2. The molecule has 2 saturated heterocycles. The quantitative estimate of drug-likeness (QED) is 0.772. The molecule has 3 fully saturated rings. The predicted molar refractivity (Wildman–Crippen MR) is 88.0 cm³/mol. The lowest BCUT2D eigenvalue weighted by Crippen LogP contribution is -2.51. The molecule has 0 aromatic heterocycles. The molecule has 0 unspecified atom stereocenters. The Morgan fingerprint density at radius 1 is 1.17 bits per heavy atom. The summed E-state index contributed by atoms with van der Waals surface area (Å²) in [6.45, 7) is 4.36. The molecule has 2 aliphatic heterocycles. The third-order valence-corrected chi connectivity index (χ3v) is 5.69. The van der Waals surface area contributed by atoms with Gasteiger partial charge in [-0.1, -0.05) is 0 Å². The lowest BCUT2D eigenvalue weighted by atomic mass is 9.90. The third kappa shape index (κ3) is 4.07. The van der Waals surface area contributed by atoms with Gasteiger partial charge in [0.25, 0.3) is 0 Å². The van der Waals surface area contributed by atoms with Gasteiger partial charge in [-0.3, -0.25) is 14.5 Å². The van der Waals surface area contributed by atoms with Crippen molar-refractivity contribution in [3.05, 3.63) is 0 Å². The Bertz CT molecular complexity index is 468. The standard InChI is InChI=1S/C17H29N3O4/c1-12-2-3-13(16(18)22)10-20(12)11-15(21)19-14-4-6-17(7-5-14)23-8-9-24-17/h12-14H,2-11H2,1H3,(H2,18,22)(H,19,21)/t12-,13+/m0/s1. The highest BCUT2D eigenvalue weighted by molar-refractivity contribution is 5.79. The van der Waals surface area contributed by atoms with Crippen LogP contribution in [0.5, 0.6) is 0 Å². The molecule has 7 nitrogen and oxygen atoms in total. The van der Waals surface area contributed by atoms with Crippen molar-refractivity contribution in [2.75, 3.05) is 26.3 Å². The van der Waals surface area contributed by atoms with Crippen LogP contribution in [0.25, 0.3) is 0 Å². The Morgan fingerprint density at radius 3 is 2.46 bits per heavy atom. The summed E-state index contributed by atoms with van der Waals surface area (Å²) >= 11 is 0. The molecule has 0 bridgehead atoms. The minimum atomic E-state index is -0.392. The van der Waals surface area contributed by atoms with E-state index in [1.54, 1.807) is 0 Å². The largest absolute Gasteiger partial charge is 0.369 e. The van der Waals surface area contributed by atoms with Gasteiger partial charge in [-0.25, -0.2) is 0 Å². The van der Waals surface area contributed by atoms with E-state index in [0.29, 0.717) is 32.3 Å². The Labute approximate surface area is 143 Å². The normalized spacial score (nSPS) is 31.2. The van der Waals surface area contributed by atoms with Crippen molar-refractivity contribution in [2.45, 2.75) is 63.3 Å². The second kappa shape index (κ2) is 7.37. The van der Waals surface area contributed by atoms with Crippen molar-refractivity contribution < 1.29 is 19.1 Å². The molecule has 0 aromatic rings. The van der Waals surface area contributed by atoms with Crippen LogP contribution in [0.4, 0.5) is 0 Å². The molecule has 3 N–H and O–H groups in total. The third-order valence-electron chi connectivity index (χ3n) is 5.69. The second-order valence-electron chi connectivity index (χ2n) is 7.40. The molecule has 136 valence electrons. The molecule has 1 saturated carbocycles. The molecule has 3 rings (SSSR count). The topological polar surface area (TPSA) is 93.9 Å². The van der Waals surface area contributed by atoms with Crippen LogP contribution in [0.3, 0.4) is 0 Å². The van der Waals surface area contributed by atoms with E-state index in [1.807, 2.05) is 0 Å². The molecule has 1 spiro atoms. The summed E-state index contributed by atoms with van der Waals surface area (Å²) in [6, 6.07) is 0.490. The molecule has 24 heavy (non-hydrogen) atoms. The number of primary amides is 1. The van der Waals surface area contributed by atoms with Gasteiger partial charge in [0.05, 0.1) is 25.7 Å².